The topological polar surface area (TPSA) is 0 Å². The first-order chi connectivity index (χ1) is 12.2. The van der Waals surface area contributed by atoms with E-state index in [0.29, 0.717) is 17.8 Å². The van der Waals surface area contributed by atoms with E-state index in [4.69, 9.17) is 0 Å². The maximum absolute atomic E-state index is 3.97. The molecule has 0 heteroatoms. The summed E-state index contributed by atoms with van der Waals surface area (Å²) in [5.41, 5.74) is 2.69. The molecule has 0 N–H and O–H groups in total. The van der Waals surface area contributed by atoms with Crippen LogP contribution in [0.3, 0.4) is 0 Å². The summed E-state index contributed by atoms with van der Waals surface area (Å²) in [6, 6.07) is 21.2. The molecule has 2 aromatic carbocycles. The van der Waals surface area contributed by atoms with Crippen LogP contribution in [0.5, 0.6) is 0 Å². The minimum Gasteiger partial charge on any atom is -0.103 e. The Morgan fingerprint density at radius 1 is 0.920 bits per heavy atom. The summed E-state index contributed by atoms with van der Waals surface area (Å²) >= 11 is 0. The molecule has 0 nitrogen and oxygen atoms in total. The van der Waals surface area contributed by atoms with Crippen LogP contribution in [0.2, 0.25) is 0 Å². The lowest BCUT2D eigenvalue weighted by atomic mass is 9.94. The van der Waals surface area contributed by atoms with Crippen LogP contribution >= 0.6 is 0 Å². The van der Waals surface area contributed by atoms with Crippen molar-refractivity contribution in [2.75, 3.05) is 0 Å². The first-order valence-corrected chi connectivity index (χ1v) is 9.27. The van der Waals surface area contributed by atoms with Gasteiger partial charge in [0.15, 0.2) is 0 Å². The van der Waals surface area contributed by atoms with Crippen LogP contribution in [0.4, 0.5) is 0 Å². The van der Waals surface area contributed by atoms with E-state index >= 15 is 0 Å². The molecule has 1 aliphatic carbocycles. The van der Waals surface area contributed by atoms with Crippen LogP contribution in [0, 0.1) is 23.2 Å². The van der Waals surface area contributed by atoms with Gasteiger partial charge in [0.2, 0.25) is 0 Å². The Bertz CT molecular complexity index is 687. The van der Waals surface area contributed by atoms with Gasteiger partial charge >= 0.3 is 0 Å². The van der Waals surface area contributed by atoms with Gasteiger partial charge in [-0.1, -0.05) is 105 Å². The van der Waals surface area contributed by atoms with E-state index in [1.54, 1.807) is 0 Å². The quantitative estimate of drug-likeness (QED) is 0.486. The first kappa shape index (κ1) is 17.5. The average Bonchev–Trinajstić information content (AvgIpc) is 3.22. The zero-order chi connectivity index (χ0) is 17.7. The predicted octanol–water partition coefficient (Wildman–Crippen LogP) is 6.88. The predicted molar refractivity (Wildman–Crippen MR) is 110 cm³/mol. The van der Waals surface area contributed by atoms with Gasteiger partial charge < -0.3 is 0 Å². The normalized spacial score (nSPS) is 23.0. The van der Waals surface area contributed by atoms with Crippen molar-refractivity contribution in [1.29, 1.82) is 0 Å². The van der Waals surface area contributed by atoms with Crippen LogP contribution in [-0.2, 0) is 0 Å². The van der Waals surface area contributed by atoms with Crippen molar-refractivity contribution in [2.24, 2.45) is 23.2 Å². The lowest BCUT2D eigenvalue weighted by molar-refractivity contribution is 0.539. The Hall–Kier alpha value is -2.34. The van der Waals surface area contributed by atoms with Gasteiger partial charge in [0, 0.05) is 5.41 Å². The van der Waals surface area contributed by atoms with Crippen molar-refractivity contribution in [3.05, 3.63) is 96.6 Å². The molecule has 0 spiro atoms. The highest BCUT2D eigenvalue weighted by molar-refractivity contribution is 5.57. The molecule has 0 heterocycles. The molecule has 0 aliphatic heterocycles. The van der Waals surface area contributed by atoms with Crippen molar-refractivity contribution >= 4 is 12.2 Å². The Kier molecular flexibility index (Phi) is 5.38. The molecule has 0 amide bonds. The van der Waals surface area contributed by atoms with Crippen molar-refractivity contribution < 1.29 is 0 Å². The summed E-state index contributed by atoms with van der Waals surface area (Å²) in [7, 11) is 0. The zero-order valence-electron chi connectivity index (χ0n) is 15.3. The molecule has 0 radical (unpaired) electrons. The molecule has 1 unspecified atom stereocenters. The molecule has 0 bridgehead atoms. The number of rotatable bonds is 7. The fourth-order valence-corrected chi connectivity index (χ4v) is 3.83. The van der Waals surface area contributed by atoms with Crippen LogP contribution < -0.4 is 0 Å². The Balaban J connectivity index is 1.85. The second kappa shape index (κ2) is 7.70. The molecule has 25 heavy (non-hydrogen) atoms. The second-order valence-electron chi connectivity index (χ2n) is 7.33. The highest BCUT2D eigenvalue weighted by atomic mass is 14.6. The number of benzene rings is 2. The van der Waals surface area contributed by atoms with Crippen molar-refractivity contribution in [2.45, 2.75) is 20.3 Å². The van der Waals surface area contributed by atoms with Crippen LogP contribution in [0.25, 0.3) is 12.2 Å². The molecule has 0 aromatic heterocycles. The monoisotopic (exact) mass is 328 g/mol. The van der Waals surface area contributed by atoms with Crippen molar-refractivity contribution in [1.82, 2.24) is 0 Å². The summed E-state index contributed by atoms with van der Waals surface area (Å²) in [5.74, 6) is 1.90. The third-order valence-electron chi connectivity index (χ3n) is 5.68. The van der Waals surface area contributed by atoms with E-state index < -0.39 is 0 Å². The van der Waals surface area contributed by atoms with E-state index in [1.165, 1.54) is 17.5 Å². The Morgan fingerprint density at radius 2 is 1.40 bits per heavy atom. The molecule has 0 saturated heterocycles. The van der Waals surface area contributed by atoms with Gasteiger partial charge in [0.25, 0.3) is 0 Å². The molecule has 1 aliphatic rings. The second-order valence-corrected chi connectivity index (χ2v) is 7.33. The van der Waals surface area contributed by atoms with Crippen LogP contribution in [0.1, 0.15) is 31.4 Å². The standard InChI is InChI=1S/C25H28/c1-4-20(2)19-24-21(3)25(24,17-15-22-11-7-5-8-12-22)18-16-23-13-9-6-10-14-23/h4-18,20-21,24H,1,19H2,2-3H3/b17-15+,18-16+/t20?,21-,24+/m1/s1. The summed E-state index contributed by atoms with van der Waals surface area (Å²) in [4.78, 5) is 0. The Labute approximate surface area is 152 Å². The summed E-state index contributed by atoms with van der Waals surface area (Å²) in [6.45, 7) is 8.61. The summed E-state index contributed by atoms with van der Waals surface area (Å²) in [5, 5.41) is 0. The van der Waals surface area contributed by atoms with E-state index in [0.717, 1.165) is 0 Å². The molecule has 2 aromatic rings. The van der Waals surface area contributed by atoms with Gasteiger partial charge in [-0.2, -0.15) is 0 Å². The number of hydrogen-bond donors (Lipinski definition) is 0. The van der Waals surface area contributed by atoms with E-state index in [-0.39, 0.29) is 5.41 Å². The van der Waals surface area contributed by atoms with Crippen molar-refractivity contribution in [3.8, 4) is 0 Å². The van der Waals surface area contributed by atoms with Gasteiger partial charge in [-0.3, -0.25) is 0 Å². The highest BCUT2D eigenvalue weighted by Crippen LogP contribution is 2.63. The number of hydrogen-bond acceptors (Lipinski definition) is 0. The fourth-order valence-electron chi connectivity index (χ4n) is 3.83. The van der Waals surface area contributed by atoms with Crippen LogP contribution in [0.15, 0.2) is 85.5 Å². The van der Waals surface area contributed by atoms with E-state index in [2.05, 4.69) is 111 Å². The maximum atomic E-state index is 3.97. The van der Waals surface area contributed by atoms with Crippen LogP contribution in [-0.4, -0.2) is 0 Å². The lowest BCUT2D eigenvalue weighted by Crippen LogP contribution is -2.00. The highest BCUT2D eigenvalue weighted by Gasteiger charge is 2.57. The molecule has 1 fully saturated rings. The first-order valence-electron chi connectivity index (χ1n) is 9.27. The minimum absolute atomic E-state index is 0.156. The third-order valence-corrected chi connectivity index (χ3v) is 5.68. The molecule has 1 saturated carbocycles. The molecule has 3 atom stereocenters. The van der Waals surface area contributed by atoms with Gasteiger partial charge in [-0.25, -0.2) is 0 Å². The average molecular weight is 328 g/mol. The Morgan fingerprint density at radius 3 is 1.84 bits per heavy atom. The van der Waals surface area contributed by atoms with Gasteiger partial charge in [-0.05, 0) is 35.3 Å². The summed E-state index contributed by atoms with van der Waals surface area (Å²) < 4.78 is 0. The SMILES string of the molecule is C=CC(C)C[C@H]1[C@@H](C)C1(/C=C/c1ccccc1)/C=C/c1ccccc1. The largest absolute Gasteiger partial charge is 0.103 e. The molecular formula is C25H28. The molecular weight excluding hydrogens is 300 g/mol. The number of allylic oxidation sites excluding steroid dienone is 3. The van der Waals surface area contributed by atoms with E-state index in [9.17, 15) is 0 Å². The third kappa shape index (κ3) is 4.02. The fraction of sp³-hybridized carbons (Fsp3) is 0.280. The van der Waals surface area contributed by atoms with E-state index in [1.807, 2.05) is 0 Å². The van der Waals surface area contributed by atoms with Gasteiger partial charge in [0.1, 0.15) is 0 Å². The molecule has 3 rings (SSSR count). The smallest absolute Gasteiger partial charge is 0.0128 e. The van der Waals surface area contributed by atoms with Gasteiger partial charge in [0.05, 0.1) is 0 Å². The molecule has 128 valence electrons. The zero-order valence-corrected chi connectivity index (χ0v) is 15.3. The lowest BCUT2D eigenvalue weighted by Gasteiger charge is -2.10. The van der Waals surface area contributed by atoms with Gasteiger partial charge in [-0.15, -0.1) is 6.58 Å². The maximum Gasteiger partial charge on any atom is 0.0128 e. The van der Waals surface area contributed by atoms with Crippen molar-refractivity contribution in [3.63, 3.8) is 0 Å². The summed E-state index contributed by atoms with van der Waals surface area (Å²) in [6.07, 6.45) is 12.7. The minimum atomic E-state index is 0.156.